The van der Waals surface area contributed by atoms with E-state index in [0.717, 1.165) is 22.7 Å². The van der Waals surface area contributed by atoms with Gasteiger partial charge < -0.3 is 15.0 Å². The molecule has 0 aromatic heterocycles. The van der Waals surface area contributed by atoms with Crippen LogP contribution < -0.4 is 14.4 Å². The molecule has 3 rings (SSSR count). The first-order chi connectivity index (χ1) is 19.1. The number of carbonyl (C=O) groups excluding carboxylic acids is 2. The summed E-state index contributed by atoms with van der Waals surface area (Å²) in [5, 5.41) is 3.36. The average Bonchev–Trinajstić information content (AvgIpc) is 2.94. The van der Waals surface area contributed by atoms with Gasteiger partial charge in [-0.2, -0.15) is 0 Å². The number of ether oxygens (including phenoxy) is 1. The molecule has 0 bridgehead atoms. The third-order valence-corrected chi connectivity index (χ3v) is 8.46. The molecule has 0 saturated heterocycles. The molecule has 0 aliphatic rings. The zero-order valence-electron chi connectivity index (χ0n) is 23.3. The molecule has 2 amide bonds. The molecule has 10 heteroatoms. The van der Waals surface area contributed by atoms with Crippen LogP contribution in [0, 0.1) is 6.92 Å². The van der Waals surface area contributed by atoms with Gasteiger partial charge in [-0.3, -0.25) is 13.9 Å². The molecule has 0 fully saturated rings. The number of amides is 2. The van der Waals surface area contributed by atoms with Crippen LogP contribution in [0.4, 0.5) is 5.69 Å². The highest BCUT2D eigenvalue weighted by molar-refractivity contribution is 7.92. The minimum atomic E-state index is -4.19. The summed E-state index contributed by atoms with van der Waals surface area (Å²) in [7, 11) is -2.75. The van der Waals surface area contributed by atoms with Crippen molar-refractivity contribution in [3.05, 3.63) is 88.9 Å². The van der Waals surface area contributed by atoms with E-state index in [1.54, 1.807) is 67.6 Å². The number of nitrogens with one attached hydrogen (secondary N) is 1. The Labute approximate surface area is 241 Å². The number of unbranched alkanes of at least 4 members (excludes halogenated alkanes) is 1. The largest absolute Gasteiger partial charge is 0.495 e. The highest BCUT2D eigenvalue weighted by Gasteiger charge is 2.33. The van der Waals surface area contributed by atoms with E-state index < -0.39 is 28.5 Å². The standard InChI is InChI=1S/C30H36ClN3O5S/c1-5-6-17-32-30(36)23(3)33(20-24-11-10-12-25(31)19-24)29(35)21-34(27-18-22(2)15-16-28(27)39-4)40(37,38)26-13-8-7-9-14-26/h7-16,18-19,23H,5-6,17,20-21H2,1-4H3,(H,32,36)/t23-/m1/s1. The maximum Gasteiger partial charge on any atom is 0.264 e. The van der Waals surface area contributed by atoms with Gasteiger partial charge in [0, 0.05) is 18.1 Å². The van der Waals surface area contributed by atoms with Crippen LogP contribution in [-0.4, -0.2) is 51.4 Å². The number of benzene rings is 3. The minimum absolute atomic E-state index is 0.0260. The molecule has 0 aliphatic carbocycles. The van der Waals surface area contributed by atoms with Gasteiger partial charge in [0.2, 0.25) is 11.8 Å². The van der Waals surface area contributed by atoms with E-state index in [9.17, 15) is 18.0 Å². The Bertz CT molecular complexity index is 1420. The number of methoxy groups -OCH3 is 1. The molecule has 0 heterocycles. The van der Waals surface area contributed by atoms with Gasteiger partial charge in [0.1, 0.15) is 18.3 Å². The summed E-state index contributed by atoms with van der Waals surface area (Å²) in [4.78, 5) is 28.5. The van der Waals surface area contributed by atoms with E-state index in [1.807, 2.05) is 13.8 Å². The average molecular weight is 586 g/mol. The van der Waals surface area contributed by atoms with Gasteiger partial charge in [-0.25, -0.2) is 8.42 Å². The second-order valence-electron chi connectivity index (χ2n) is 9.47. The van der Waals surface area contributed by atoms with Crippen LogP contribution in [0.15, 0.2) is 77.7 Å². The lowest BCUT2D eigenvalue weighted by atomic mass is 10.1. The van der Waals surface area contributed by atoms with E-state index in [1.165, 1.54) is 24.1 Å². The molecule has 3 aromatic rings. The fraction of sp³-hybridized carbons (Fsp3) is 0.333. The Balaban J connectivity index is 2.06. The zero-order chi connectivity index (χ0) is 29.3. The third-order valence-electron chi connectivity index (χ3n) is 6.45. The summed E-state index contributed by atoms with van der Waals surface area (Å²) in [5.41, 5.74) is 1.72. The molecule has 1 N–H and O–H groups in total. The van der Waals surface area contributed by atoms with Gasteiger partial charge in [-0.05, 0) is 67.8 Å². The van der Waals surface area contributed by atoms with Crippen LogP contribution in [0.3, 0.4) is 0 Å². The molecule has 0 aliphatic heterocycles. The number of hydrogen-bond acceptors (Lipinski definition) is 5. The lowest BCUT2D eigenvalue weighted by Gasteiger charge is -2.32. The summed E-state index contributed by atoms with van der Waals surface area (Å²) < 4.78 is 34.4. The van der Waals surface area contributed by atoms with Crippen LogP contribution in [0.2, 0.25) is 5.02 Å². The quantitative estimate of drug-likeness (QED) is 0.279. The summed E-state index contributed by atoms with van der Waals surface area (Å²) in [6, 6.07) is 19.1. The van der Waals surface area contributed by atoms with Crippen molar-refractivity contribution in [2.45, 2.75) is 51.1 Å². The number of nitrogens with zero attached hydrogens (tertiary/aromatic N) is 2. The molecular weight excluding hydrogens is 550 g/mol. The van der Waals surface area contributed by atoms with Crippen molar-refractivity contribution in [2.24, 2.45) is 0 Å². The van der Waals surface area contributed by atoms with Gasteiger partial charge in [0.05, 0.1) is 17.7 Å². The molecule has 1 atom stereocenters. The first-order valence-corrected chi connectivity index (χ1v) is 14.9. The van der Waals surface area contributed by atoms with Crippen molar-refractivity contribution < 1.29 is 22.7 Å². The zero-order valence-corrected chi connectivity index (χ0v) is 24.8. The van der Waals surface area contributed by atoms with Gasteiger partial charge in [0.25, 0.3) is 10.0 Å². The summed E-state index contributed by atoms with van der Waals surface area (Å²) >= 11 is 6.19. The van der Waals surface area contributed by atoms with Gasteiger partial charge in [-0.1, -0.05) is 61.3 Å². The second kappa shape index (κ2) is 14.2. The van der Waals surface area contributed by atoms with Crippen molar-refractivity contribution >= 4 is 39.1 Å². The highest BCUT2D eigenvalue weighted by Crippen LogP contribution is 2.33. The summed E-state index contributed by atoms with van der Waals surface area (Å²) in [6.07, 6.45) is 1.71. The minimum Gasteiger partial charge on any atom is -0.495 e. The smallest absolute Gasteiger partial charge is 0.264 e. The topological polar surface area (TPSA) is 96.0 Å². The first kappa shape index (κ1) is 31.0. The second-order valence-corrected chi connectivity index (χ2v) is 11.8. The van der Waals surface area contributed by atoms with Crippen LogP contribution in [0.25, 0.3) is 0 Å². The van der Waals surface area contributed by atoms with E-state index in [2.05, 4.69) is 5.32 Å². The van der Waals surface area contributed by atoms with E-state index in [4.69, 9.17) is 16.3 Å². The predicted octanol–water partition coefficient (Wildman–Crippen LogP) is 5.19. The Morgan fingerprint density at radius 1 is 1.02 bits per heavy atom. The van der Waals surface area contributed by atoms with Crippen molar-refractivity contribution in [1.29, 1.82) is 0 Å². The maximum atomic E-state index is 14.0. The number of sulfonamides is 1. The van der Waals surface area contributed by atoms with Crippen molar-refractivity contribution in [3.63, 3.8) is 0 Å². The summed E-state index contributed by atoms with van der Waals surface area (Å²) in [6.45, 7) is 5.47. The van der Waals surface area contributed by atoms with Crippen LogP contribution in [-0.2, 0) is 26.2 Å². The lowest BCUT2D eigenvalue weighted by Crippen LogP contribution is -2.51. The Morgan fingerprint density at radius 2 is 1.75 bits per heavy atom. The Morgan fingerprint density at radius 3 is 2.40 bits per heavy atom. The number of halogens is 1. The van der Waals surface area contributed by atoms with Crippen molar-refractivity contribution in [1.82, 2.24) is 10.2 Å². The summed E-state index contributed by atoms with van der Waals surface area (Å²) in [5.74, 6) is -0.583. The molecule has 8 nitrogen and oxygen atoms in total. The molecule has 0 saturated carbocycles. The van der Waals surface area contributed by atoms with Crippen LogP contribution in [0.5, 0.6) is 5.75 Å². The maximum absolute atomic E-state index is 14.0. The van der Waals surface area contributed by atoms with Crippen LogP contribution >= 0.6 is 11.6 Å². The Hall–Kier alpha value is -3.56. The molecule has 214 valence electrons. The number of rotatable bonds is 13. The van der Waals surface area contributed by atoms with E-state index in [-0.39, 0.29) is 23.0 Å². The Kier molecular flexibility index (Phi) is 11.0. The van der Waals surface area contributed by atoms with Crippen molar-refractivity contribution in [2.75, 3.05) is 24.5 Å². The number of hydrogen-bond donors (Lipinski definition) is 1. The normalized spacial score (nSPS) is 11.9. The van der Waals surface area contributed by atoms with Crippen molar-refractivity contribution in [3.8, 4) is 5.75 Å². The molecular formula is C30H36ClN3O5S. The monoisotopic (exact) mass is 585 g/mol. The highest BCUT2D eigenvalue weighted by atomic mass is 35.5. The number of aryl methyl sites for hydroxylation is 1. The fourth-order valence-corrected chi connectivity index (χ4v) is 5.83. The SMILES string of the molecule is CCCCNC(=O)[C@@H](C)N(Cc1cccc(Cl)c1)C(=O)CN(c1cc(C)ccc1OC)S(=O)(=O)c1ccccc1. The van der Waals surface area contributed by atoms with Gasteiger partial charge in [0.15, 0.2) is 0 Å². The third kappa shape index (κ3) is 7.76. The molecule has 0 radical (unpaired) electrons. The number of anilines is 1. The lowest BCUT2D eigenvalue weighted by molar-refractivity contribution is -0.139. The van der Waals surface area contributed by atoms with E-state index in [0.29, 0.717) is 22.9 Å². The molecule has 0 unspecified atom stereocenters. The van der Waals surface area contributed by atoms with Crippen LogP contribution in [0.1, 0.15) is 37.8 Å². The van der Waals surface area contributed by atoms with Gasteiger partial charge >= 0.3 is 0 Å². The fourth-order valence-electron chi connectivity index (χ4n) is 4.18. The van der Waals surface area contributed by atoms with E-state index >= 15 is 0 Å². The predicted molar refractivity (Wildman–Crippen MR) is 158 cm³/mol. The number of carbonyl (C=O) groups is 2. The molecule has 3 aromatic carbocycles. The molecule has 0 spiro atoms. The van der Waals surface area contributed by atoms with Gasteiger partial charge in [-0.15, -0.1) is 0 Å². The molecule has 40 heavy (non-hydrogen) atoms. The first-order valence-electron chi connectivity index (χ1n) is 13.1.